The van der Waals surface area contributed by atoms with Gasteiger partial charge in [0.1, 0.15) is 11.2 Å². The van der Waals surface area contributed by atoms with E-state index in [2.05, 4.69) is 25.6 Å². The molecule has 0 atom stereocenters. The molecule has 1 aliphatic heterocycles. The van der Waals surface area contributed by atoms with Crippen molar-refractivity contribution in [2.75, 3.05) is 13.1 Å². The molecule has 1 aliphatic rings. The molecule has 0 spiro atoms. The number of hydrogen-bond acceptors (Lipinski definition) is 6. The van der Waals surface area contributed by atoms with Gasteiger partial charge in [-0.1, -0.05) is 20.8 Å². The summed E-state index contributed by atoms with van der Waals surface area (Å²) in [6.45, 7) is 9.85. The van der Waals surface area contributed by atoms with Crippen molar-refractivity contribution in [3.63, 3.8) is 0 Å². The van der Waals surface area contributed by atoms with Gasteiger partial charge >= 0.3 is 0 Å². The number of hydrogen-bond donors (Lipinski definition) is 2. The number of fused-ring (bicyclic) bond motifs is 1. The van der Waals surface area contributed by atoms with E-state index in [1.807, 2.05) is 32.2 Å². The van der Waals surface area contributed by atoms with Crippen LogP contribution in [0.1, 0.15) is 56.8 Å². The molecule has 3 aromatic heterocycles. The van der Waals surface area contributed by atoms with Crippen LogP contribution in [0, 0.1) is 6.92 Å². The Morgan fingerprint density at radius 1 is 1.23 bits per heavy atom. The molecular weight excluding hydrogens is 332 g/mol. The summed E-state index contributed by atoms with van der Waals surface area (Å²) >= 11 is 0. The van der Waals surface area contributed by atoms with Crippen molar-refractivity contribution in [3.8, 4) is 11.5 Å². The third-order valence-corrected chi connectivity index (χ3v) is 4.86. The molecular formula is C18H24N6O2. The number of aromatic nitrogens is 5. The smallest absolute Gasteiger partial charge is 0.253 e. The minimum absolute atomic E-state index is 0.136. The van der Waals surface area contributed by atoms with E-state index in [1.54, 1.807) is 6.07 Å². The van der Waals surface area contributed by atoms with Gasteiger partial charge in [-0.15, -0.1) is 10.2 Å². The summed E-state index contributed by atoms with van der Waals surface area (Å²) in [5.41, 5.74) is 2.63. The highest BCUT2D eigenvalue weighted by molar-refractivity contribution is 5.74. The van der Waals surface area contributed by atoms with Gasteiger partial charge in [0, 0.05) is 17.4 Å². The molecule has 8 nitrogen and oxygen atoms in total. The molecule has 2 N–H and O–H groups in total. The van der Waals surface area contributed by atoms with Crippen LogP contribution in [0.25, 0.3) is 17.1 Å². The van der Waals surface area contributed by atoms with Gasteiger partial charge in [-0.05, 0) is 32.9 Å². The first-order chi connectivity index (χ1) is 12.3. The Morgan fingerprint density at radius 2 is 1.96 bits per heavy atom. The topological polar surface area (TPSA) is 101 Å². The van der Waals surface area contributed by atoms with Crippen molar-refractivity contribution in [1.29, 1.82) is 0 Å². The second-order valence-electron chi connectivity index (χ2n) is 7.97. The van der Waals surface area contributed by atoms with E-state index in [-0.39, 0.29) is 11.0 Å². The Kier molecular flexibility index (Phi) is 3.95. The van der Waals surface area contributed by atoms with Gasteiger partial charge in [0.15, 0.2) is 0 Å². The lowest BCUT2D eigenvalue weighted by atomic mass is 9.94. The third kappa shape index (κ3) is 2.84. The molecule has 0 radical (unpaired) electrons. The Bertz CT molecular complexity index is 1000. The zero-order chi connectivity index (χ0) is 18.5. The zero-order valence-electron chi connectivity index (χ0n) is 15.6. The highest BCUT2D eigenvalue weighted by Crippen LogP contribution is 2.31. The second-order valence-corrected chi connectivity index (χ2v) is 7.97. The summed E-state index contributed by atoms with van der Waals surface area (Å²) in [5.74, 6) is 1.25. The van der Waals surface area contributed by atoms with Gasteiger partial charge in [-0.25, -0.2) is 4.52 Å². The first kappa shape index (κ1) is 17.0. The predicted molar refractivity (Wildman–Crippen MR) is 97.4 cm³/mol. The molecule has 0 aromatic carbocycles. The number of piperidine rings is 1. The molecule has 4 heterocycles. The van der Waals surface area contributed by atoms with Gasteiger partial charge in [0.25, 0.3) is 11.4 Å². The molecule has 0 amide bonds. The molecule has 1 saturated heterocycles. The normalized spacial score (nSPS) is 16.5. The molecule has 3 aromatic rings. The van der Waals surface area contributed by atoms with Crippen LogP contribution >= 0.6 is 0 Å². The minimum atomic E-state index is -0.240. The molecule has 0 aliphatic carbocycles. The Labute approximate surface area is 151 Å². The largest absolute Gasteiger partial charge is 0.420 e. The maximum absolute atomic E-state index is 12.3. The number of rotatable bonds is 2. The van der Waals surface area contributed by atoms with Crippen LogP contribution in [-0.2, 0) is 5.41 Å². The number of aryl methyl sites for hydroxylation is 1. The number of nitrogens with one attached hydrogen (secondary N) is 2. The fraction of sp³-hybridized carbons (Fsp3) is 0.556. The van der Waals surface area contributed by atoms with Gasteiger partial charge in [0.05, 0.1) is 11.4 Å². The highest BCUT2D eigenvalue weighted by Gasteiger charge is 2.27. The summed E-state index contributed by atoms with van der Waals surface area (Å²) in [6, 6.07) is 1.66. The van der Waals surface area contributed by atoms with Crippen molar-refractivity contribution in [2.24, 2.45) is 0 Å². The molecule has 4 rings (SSSR count). The summed E-state index contributed by atoms with van der Waals surface area (Å²) in [6.07, 6.45) is 1.98. The summed E-state index contributed by atoms with van der Waals surface area (Å²) in [4.78, 5) is 15.2. The van der Waals surface area contributed by atoms with Crippen LogP contribution in [0.15, 0.2) is 15.3 Å². The quantitative estimate of drug-likeness (QED) is 0.729. The van der Waals surface area contributed by atoms with Crippen LogP contribution in [0.4, 0.5) is 0 Å². The Morgan fingerprint density at radius 3 is 2.62 bits per heavy atom. The van der Waals surface area contributed by atoms with E-state index in [1.165, 1.54) is 0 Å². The van der Waals surface area contributed by atoms with E-state index >= 15 is 0 Å². The van der Waals surface area contributed by atoms with Crippen molar-refractivity contribution in [2.45, 2.75) is 51.9 Å². The molecule has 0 saturated carbocycles. The lowest BCUT2D eigenvalue weighted by molar-refractivity contribution is 0.399. The standard InChI is InChI=1S/C18H24N6O2/c1-10-14(16-21-22-17(26-16)18(2,3)4)15-20-13(25)9-12(24(15)23-10)11-5-7-19-8-6-11/h9,11,19H,5-8H2,1-4H3,(H,20,25). The van der Waals surface area contributed by atoms with Gasteiger partial charge in [-0.3, -0.25) is 4.79 Å². The zero-order valence-corrected chi connectivity index (χ0v) is 15.6. The average Bonchev–Trinajstić information content (AvgIpc) is 3.18. The van der Waals surface area contributed by atoms with E-state index in [0.717, 1.165) is 37.3 Å². The molecule has 26 heavy (non-hydrogen) atoms. The van der Waals surface area contributed by atoms with Crippen molar-refractivity contribution >= 4 is 5.65 Å². The second kappa shape index (κ2) is 6.05. The van der Waals surface area contributed by atoms with Crippen LogP contribution in [0.3, 0.4) is 0 Å². The molecule has 1 fully saturated rings. The van der Waals surface area contributed by atoms with Crippen molar-refractivity contribution in [3.05, 3.63) is 33.7 Å². The fourth-order valence-corrected chi connectivity index (χ4v) is 3.47. The average molecular weight is 356 g/mol. The highest BCUT2D eigenvalue weighted by atomic mass is 16.4. The summed E-state index contributed by atoms with van der Waals surface area (Å²) < 4.78 is 7.74. The monoisotopic (exact) mass is 356 g/mol. The number of aromatic amines is 1. The predicted octanol–water partition coefficient (Wildman–Crippen LogP) is 2.15. The molecule has 0 unspecified atom stereocenters. The minimum Gasteiger partial charge on any atom is -0.420 e. The maximum atomic E-state index is 12.3. The van der Waals surface area contributed by atoms with Crippen molar-refractivity contribution < 1.29 is 4.42 Å². The summed E-state index contributed by atoms with van der Waals surface area (Å²) in [5, 5.41) is 16.4. The van der Waals surface area contributed by atoms with Gasteiger partial charge in [0.2, 0.25) is 5.89 Å². The van der Waals surface area contributed by atoms with Gasteiger partial charge in [-0.2, -0.15) is 5.10 Å². The fourth-order valence-electron chi connectivity index (χ4n) is 3.47. The lowest BCUT2D eigenvalue weighted by Gasteiger charge is -2.23. The first-order valence-electron chi connectivity index (χ1n) is 9.02. The van der Waals surface area contributed by atoms with Crippen molar-refractivity contribution in [1.82, 2.24) is 30.1 Å². The third-order valence-electron chi connectivity index (χ3n) is 4.86. The van der Waals surface area contributed by atoms with Gasteiger partial charge < -0.3 is 14.7 Å². The van der Waals surface area contributed by atoms with E-state index in [0.29, 0.717) is 28.9 Å². The first-order valence-corrected chi connectivity index (χ1v) is 9.02. The summed E-state index contributed by atoms with van der Waals surface area (Å²) in [7, 11) is 0. The number of H-pyrrole nitrogens is 1. The van der Waals surface area contributed by atoms with E-state index in [9.17, 15) is 4.79 Å². The Hall–Kier alpha value is -2.48. The molecule has 8 heteroatoms. The van der Waals surface area contributed by atoms with E-state index in [4.69, 9.17) is 4.42 Å². The molecule has 138 valence electrons. The SMILES string of the molecule is Cc1nn2c(C3CCNCC3)cc(=O)[nH]c2c1-c1nnc(C(C)(C)C)o1. The van der Waals surface area contributed by atoms with Crippen LogP contribution in [0.5, 0.6) is 0 Å². The van der Waals surface area contributed by atoms with E-state index < -0.39 is 0 Å². The maximum Gasteiger partial charge on any atom is 0.253 e. The van der Waals surface area contributed by atoms with Crippen LogP contribution in [0.2, 0.25) is 0 Å². The molecule has 0 bridgehead atoms. The number of nitrogens with zero attached hydrogens (tertiary/aromatic N) is 4. The Balaban J connectivity index is 1.89. The van der Waals surface area contributed by atoms with Crippen LogP contribution in [-0.4, -0.2) is 37.9 Å². The van der Waals surface area contributed by atoms with Crippen LogP contribution < -0.4 is 10.9 Å². The lowest BCUT2D eigenvalue weighted by Crippen LogP contribution is -2.28.